The van der Waals surface area contributed by atoms with E-state index in [4.69, 9.17) is 11.6 Å². The van der Waals surface area contributed by atoms with Crippen molar-refractivity contribution in [2.45, 2.75) is 25.2 Å². The van der Waals surface area contributed by atoms with Crippen molar-refractivity contribution in [2.75, 3.05) is 11.5 Å². The number of aliphatic hydroxyl groups is 1. The van der Waals surface area contributed by atoms with Crippen LogP contribution in [0.25, 0.3) is 0 Å². The molecular weight excluding hydrogens is 346 g/mol. The molecule has 2 atom stereocenters. The van der Waals surface area contributed by atoms with Crippen molar-refractivity contribution < 1.29 is 13.5 Å². The Balaban J connectivity index is 1.86. The number of hydrogen-bond donors (Lipinski definition) is 1. The smallest absolute Gasteiger partial charge is 0.154 e. The van der Waals surface area contributed by atoms with Gasteiger partial charge in [0, 0.05) is 18.1 Å². The van der Waals surface area contributed by atoms with E-state index in [-0.39, 0.29) is 11.5 Å². The minimum absolute atomic E-state index is 0.0123. The third kappa shape index (κ3) is 4.36. The van der Waals surface area contributed by atoms with Gasteiger partial charge in [-0.05, 0) is 23.3 Å². The highest BCUT2D eigenvalue weighted by atomic mass is 35.5. The van der Waals surface area contributed by atoms with Crippen LogP contribution in [0.4, 0.5) is 0 Å². The van der Waals surface area contributed by atoms with Crippen LogP contribution in [0.5, 0.6) is 0 Å². The van der Waals surface area contributed by atoms with Gasteiger partial charge >= 0.3 is 0 Å². The summed E-state index contributed by atoms with van der Waals surface area (Å²) >= 11 is 6.06. The van der Waals surface area contributed by atoms with Gasteiger partial charge in [0.15, 0.2) is 9.84 Å². The molecule has 2 aromatic rings. The van der Waals surface area contributed by atoms with Gasteiger partial charge in [-0.25, -0.2) is 8.42 Å². The van der Waals surface area contributed by atoms with E-state index in [0.717, 1.165) is 11.1 Å². The van der Waals surface area contributed by atoms with Gasteiger partial charge in [0.05, 0.1) is 23.7 Å². The molecule has 1 N–H and O–H groups in total. The summed E-state index contributed by atoms with van der Waals surface area (Å²) in [6.07, 6.45) is -0.863. The molecule has 1 aliphatic heterocycles. The van der Waals surface area contributed by atoms with Crippen molar-refractivity contribution in [1.29, 1.82) is 0 Å². The van der Waals surface area contributed by atoms with Crippen LogP contribution in [0.15, 0.2) is 54.6 Å². The Kier molecular flexibility index (Phi) is 5.25. The topological polar surface area (TPSA) is 57.6 Å². The Bertz CT molecular complexity index is 795. The summed E-state index contributed by atoms with van der Waals surface area (Å²) in [5.41, 5.74) is 2.07. The average molecular weight is 366 g/mol. The van der Waals surface area contributed by atoms with Gasteiger partial charge in [-0.1, -0.05) is 54.1 Å². The van der Waals surface area contributed by atoms with Crippen molar-refractivity contribution in [3.05, 3.63) is 70.7 Å². The van der Waals surface area contributed by atoms with E-state index in [1.807, 2.05) is 59.5 Å². The predicted molar refractivity (Wildman–Crippen MR) is 95.6 cm³/mol. The van der Waals surface area contributed by atoms with Crippen LogP contribution in [0.2, 0.25) is 5.02 Å². The van der Waals surface area contributed by atoms with Crippen LogP contribution in [0, 0.1) is 0 Å². The highest BCUT2D eigenvalue weighted by Gasteiger charge is 2.39. The quantitative estimate of drug-likeness (QED) is 0.884. The summed E-state index contributed by atoms with van der Waals surface area (Å²) in [5, 5.41) is 10.9. The minimum atomic E-state index is -3.20. The fourth-order valence-corrected chi connectivity index (χ4v) is 5.18. The second-order valence-electron chi connectivity index (χ2n) is 6.23. The van der Waals surface area contributed by atoms with E-state index < -0.39 is 22.0 Å². The second-order valence-corrected chi connectivity index (χ2v) is 8.82. The predicted octanol–water partition coefficient (Wildman–Crippen LogP) is 2.50. The van der Waals surface area contributed by atoms with Gasteiger partial charge < -0.3 is 5.11 Å². The number of nitrogens with zero attached hydrogens (tertiary/aromatic N) is 1. The Morgan fingerprint density at radius 1 is 1.00 bits per heavy atom. The Morgan fingerprint density at radius 2 is 1.67 bits per heavy atom. The van der Waals surface area contributed by atoms with Crippen molar-refractivity contribution in [1.82, 2.24) is 4.90 Å². The molecule has 6 heteroatoms. The zero-order valence-corrected chi connectivity index (χ0v) is 14.7. The van der Waals surface area contributed by atoms with Gasteiger partial charge in [-0.2, -0.15) is 0 Å². The number of halogens is 1. The molecule has 0 aromatic heterocycles. The van der Waals surface area contributed by atoms with Gasteiger partial charge in [0.2, 0.25) is 0 Å². The molecule has 0 unspecified atom stereocenters. The van der Waals surface area contributed by atoms with Crippen LogP contribution >= 0.6 is 11.6 Å². The standard InChI is InChI=1S/C18H20ClNO3S/c19-16-8-4-7-15(9-16)11-20(10-14-5-2-1-3-6-14)17-12-24(22,23)13-18(17)21/h1-9,17-18,21H,10-13H2/t17-,18-/m1/s1. The first-order chi connectivity index (χ1) is 11.4. The normalized spacial score (nSPS) is 22.8. The number of hydrogen-bond acceptors (Lipinski definition) is 4. The van der Waals surface area contributed by atoms with E-state index in [1.165, 1.54) is 0 Å². The van der Waals surface area contributed by atoms with Gasteiger partial charge in [-0.15, -0.1) is 0 Å². The fourth-order valence-electron chi connectivity index (χ4n) is 3.14. The van der Waals surface area contributed by atoms with E-state index in [1.54, 1.807) is 0 Å². The summed E-state index contributed by atoms with van der Waals surface area (Å²) in [6, 6.07) is 17.0. The molecule has 0 radical (unpaired) electrons. The van der Waals surface area contributed by atoms with Crippen LogP contribution in [-0.2, 0) is 22.9 Å². The first-order valence-electron chi connectivity index (χ1n) is 7.84. The maximum Gasteiger partial charge on any atom is 0.154 e. The number of aliphatic hydroxyl groups excluding tert-OH is 1. The molecule has 1 saturated heterocycles. The lowest BCUT2D eigenvalue weighted by molar-refractivity contribution is 0.0731. The molecule has 1 fully saturated rings. The van der Waals surface area contributed by atoms with Crippen molar-refractivity contribution >= 4 is 21.4 Å². The highest BCUT2D eigenvalue weighted by molar-refractivity contribution is 7.91. The van der Waals surface area contributed by atoms with Crippen molar-refractivity contribution in [3.8, 4) is 0 Å². The third-order valence-electron chi connectivity index (χ3n) is 4.27. The Labute approximate surface area is 147 Å². The summed E-state index contributed by atoms with van der Waals surface area (Å²) in [6.45, 7) is 1.11. The molecule has 1 heterocycles. The van der Waals surface area contributed by atoms with E-state index in [0.29, 0.717) is 18.1 Å². The maximum atomic E-state index is 11.9. The molecule has 0 spiro atoms. The van der Waals surface area contributed by atoms with Crippen LogP contribution < -0.4 is 0 Å². The van der Waals surface area contributed by atoms with Crippen LogP contribution in [0.3, 0.4) is 0 Å². The number of benzene rings is 2. The summed E-state index contributed by atoms with van der Waals surface area (Å²) in [7, 11) is -3.20. The lowest BCUT2D eigenvalue weighted by atomic mass is 10.1. The SMILES string of the molecule is O=S1(=O)C[C@@H](O)[C@H](N(Cc2ccccc2)Cc2cccc(Cl)c2)C1. The third-order valence-corrected chi connectivity index (χ3v) is 6.20. The second kappa shape index (κ2) is 7.23. The minimum Gasteiger partial charge on any atom is -0.390 e. The molecule has 0 saturated carbocycles. The lowest BCUT2D eigenvalue weighted by Gasteiger charge is -2.30. The first-order valence-corrected chi connectivity index (χ1v) is 10.0. The molecule has 0 amide bonds. The van der Waals surface area contributed by atoms with E-state index in [9.17, 15) is 13.5 Å². The summed E-state index contributed by atoms with van der Waals surface area (Å²) in [5.74, 6) is -0.180. The van der Waals surface area contributed by atoms with Gasteiger partial charge in [-0.3, -0.25) is 4.90 Å². The molecular formula is C18H20ClNO3S. The van der Waals surface area contributed by atoms with Crippen molar-refractivity contribution in [3.63, 3.8) is 0 Å². The molecule has 0 bridgehead atoms. The number of sulfone groups is 1. The summed E-state index contributed by atoms with van der Waals surface area (Å²) in [4.78, 5) is 2.02. The Hall–Kier alpha value is -1.40. The van der Waals surface area contributed by atoms with Gasteiger partial charge in [0.25, 0.3) is 0 Å². The Morgan fingerprint density at radius 3 is 2.29 bits per heavy atom. The molecule has 4 nitrogen and oxygen atoms in total. The number of rotatable bonds is 5. The van der Waals surface area contributed by atoms with E-state index >= 15 is 0 Å². The highest BCUT2D eigenvalue weighted by Crippen LogP contribution is 2.23. The zero-order valence-electron chi connectivity index (χ0n) is 13.2. The molecule has 24 heavy (non-hydrogen) atoms. The fraction of sp³-hybridized carbons (Fsp3) is 0.333. The largest absolute Gasteiger partial charge is 0.390 e. The van der Waals surface area contributed by atoms with Crippen LogP contribution in [0.1, 0.15) is 11.1 Å². The maximum absolute atomic E-state index is 11.9. The molecule has 0 aliphatic carbocycles. The molecule has 2 aromatic carbocycles. The first kappa shape index (κ1) is 17.4. The molecule has 1 aliphatic rings. The van der Waals surface area contributed by atoms with E-state index in [2.05, 4.69) is 0 Å². The monoisotopic (exact) mass is 365 g/mol. The lowest BCUT2D eigenvalue weighted by Crippen LogP contribution is -2.42. The average Bonchev–Trinajstić information content (AvgIpc) is 2.81. The van der Waals surface area contributed by atoms with Crippen LogP contribution in [-0.4, -0.2) is 42.1 Å². The zero-order chi connectivity index (χ0) is 17.2. The van der Waals surface area contributed by atoms with Crippen molar-refractivity contribution in [2.24, 2.45) is 0 Å². The molecule has 128 valence electrons. The summed E-state index contributed by atoms with van der Waals surface area (Å²) < 4.78 is 23.8. The molecule has 3 rings (SSSR count). The van der Waals surface area contributed by atoms with Gasteiger partial charge in [0.1, 0.15) is 0 Å².